The summed E-state index contributed by atoms with van der Waals surface area (Å²) in [5.41, 5.74) is 3.24. The Bertz CT molecular complexity index is 978. The van der Waals surface area contributed by atoms with Gasteiger partial charge in [0.15, 0.2) is 13.2 Å². The molecule has 3 rings (SSSR count). The van der Waals surface area contributed by atoms with Crippen LogP contribution in [0.1, 0.15) is 30.4 Å². The van der Waals surface area contributed by atoms with Crippen LogP contribution < -0.4 is 4.74 Å². The Labute approximate surface area is 168 Å². The van der Waals surface area contributed by atoms with Crippen LogP contribution in [0, 0.1) is 6.92 Å². The van der Waals surface area contributed by atoms with E-state index in [-0.39, 0.29) is 13.2 Å². The maximum atomic E-state index is 10.6. The number of oxime groups is 1. The van der Waals surface area contributed by atoms with Crippen LogP contribution in [-0.4, -0.2) is 28.4 Å². The van der Waals surface area contributed by atoms with Gasteiger partial charge in [-0.05, 0) is 55.3 Å². The number of aryl methyl sites for hydroxylation is 1. The van der Waals surface area contributed by atoms with E-state index in [0.29, 0.717) is 29.5 Å². The van der Waals surface area contributed by atoms with Crippen LogP contribution in [0.4, 0.5) is 0 Å². The van der Waals surface area contributed by atoms with Gasteiger partial charge in [0.05, 0.1) is 5.71 Å². The number of carboxylic acids is 1. The van der Waals surface area contributed by atoms with Gasteiger partial charge in [-0.15, -0.1) is 0 Å². The molecule has 0 aliphatic heterocycles. The highest BCUT2D eigenvalue weighted by atomic mass is 16.6. The van der Waals surface area contributed by atoms with Crippen molar-refractivity contribution in [2.75, 3.05) is 6.61 Å². The number of benzene rings is 2. The Morgan fingerprint density at radius 3 is 2.52 bits per heavy atom. The predicted octanol–water partition coefficient (Wildman–Crippen LogP) is 4.44. The quantitative estimate of drug-likeness (QED) is 0.426. The molecule has 3 aromatic rings. The molecule has 2 aromatic carbocycles. The van der Waals surface area contributed by atoms with Crippen molar-refractivity contribution in [3.63, 3.8) is 0 Å². The van der Waals surface area contributed by atoms with Gasteiger partial charge in [-0.1, -0.05) is 30.3 Å². The van der Waals surface area contributed by atoms with Gasteiger partial charge in [-0.3, -0.25) is 0 Å². The molecule has 7 nitrogen and oxygen atoms in total. The lowest BCUT2D eigenvalue weighted by molar-refractivity contribution is -0.139. The number of carboxylic acid groups (broad SMARTS) is 1. The number of ether oxygens (including phenoxy) is 1. The van der Waals surface area contributed by atoms with E-state index in [9.17, 15) is 4.79 Å². The Morgan fingerprint density at radius 1 is 1.14 bits per heavy atom. The van der Waals surface area contributed by atoms with Gasteiger partial charge in [0.1, 0.15) is 17.2 Å². The summed E-state index contributed by atoms with van der Waals surface area (Å²) in [6.45, 7) is 3.65. The summed E-state index contributed by atoms with van der Waals surface area (Å²) in [7, 11) is 0. The normalized spacial score (nSPS) is 11.3. The monoisotopic (exact) mass is 394 g/mol. The average molecular weight is 394 g/mol. The standard InChI is InChI=1S/C22H22N2O5/c1-3-19(16-9-11-18(12-10-16)27-14-21(25)26)24-28-13-20-15(2)29-22(23-20)17-7-5-4-6-8-17/h4-12H,3,13-14H2,1-2H3,(H,25,26)/b24-19-. The Morgan fingerprint density at radius 2 is 1.86 bits per heavy atom. The minimum absolute atomic E-state index is 0.200. The highest BCUT2D eigenvalue weighted by Gasteiger charge is 2.12. The third kappa shape index (κ3) is 5.44. The van der Waals surface area contributed by atoms with Crippen LogP contribution in [0.3, 0.4) is 0 Å². The third-order valence-corrected chi connectivity index (χ3v) is 4.17. The van der Waals surface area contributed by atoms with E-state index in [0.717, 1.165) is 16.8 Å². The largest absolute Gasteiger partial charge is 0.482 e. The molecular formula is C22H22N2O5. The molecule has 0 aliphatic carbocycles. The number of aliphatic carboxylic acids is 1. The summed E-state index contributed by atoms with van der Waals surface area (Å²) in [5.74, 6) is 0.714. The van der Waals surface area contributed by atoms with Crippen molar-refractivity contribution in [2.24, 2.45) is 5.16 Å². The second kappa shape index (κ2) is 9.54. The maximum Gasteiger partial charge on any atom is 0.341 e. The van der Waals surface area contributed by atoms with E-state index in [4.69, 9.17) is 19.1 Å². The zero-order valence-electron chi connectivity index (χ0n) is 16.3. The van der Waals surface area contributed by atoms with Gasteiger partial charge in [0, 0.05) is 5.56 Å². The number of oxazole rings is 1. The van der Waals surface area contributed by atoms with Crippen molar-refractivity contribution in [2.45, 2.75) is 26.9 Å². The van der Waals surface area contributed by atoms with Crippen molar-refractivity contribution < 1.29 is 23.9 Å². The number of hydrogen-bond acceptors (Lipinski definition) is 6. The maximum absolute atomic E-state index is 10.6. The first kappa shape index (κ1) is 20.1. The lowest BCUT2D eigenvalue weighted by Crippen LogP contribution is -2.09. The van der Waals surface area contributed by atoms with Gasteiger partial charge in [-0.2, -0.15) is 0 Å². The summed E-state index contributed by atoms with van der Waals surface area (Å²) in [4.78, 5) is 20.6. The summed E-state index contributed by atoms with van der Waals surface area (Å²) >= 11 is 0. The molecule has 150 valence electrons. The average Bonchev–Trinajstić information content (AvgIpc) is 3.11. The SMILES string of the molecule is CC/C(=N/OCc1nc(-c2ccccc2)oc1C)c1ccc(OCC(=O)O)cc1. The lowest BCUT2D eigenvalue weighted by atomic mass is 10.1. The van der Waals surface area contributed by atoms with Crippen molar-refractivity contribution in [1.29, 1.82) is 0 Å². The molecule has 0 amide bonds. The molecule has 0 atom stereocenters. The summed E-state index contributed by atoms with van der Waals surface area (Å²) in [5, 5.41) is 12.9. The number of hydrogen-bond donors (Lipinski definition) is 1. The van der Waals surface area contributed by atoms with E-state index >= 15 is 0 Å². The van der Waals surface area contributed by atoms with Crippen molar-refractivity contribution in [3.05, 3.63) is 71.6 Å². The van der Waals surface area contributed by atoms with E-state index in [1.54, 1.807) is 12.1 Å². The van der Waals surface area contributed by atoms with E-state index in [1.165, 1.54) is 0 Å². The topological polar surface area (TPSA) is 94.2 Å². The summed E-state index contributed by atoms with van der Waals surface area (Å²) in [6, 6.07) is 16.7. The van der Waals surface area contributed by atoms with Gasteiger partial charge in [-0.25, -0.2) is 9.78 Å². The Hall–Kier alpha value is -3.61. The summed E-state index contributed by atoms with van der Waals surface area (Å²) in [6.07, 6.45) is 0.669. The zero-order chi connectivity index (χ0) is 20.6. The predicted molar refractivity (Wildman–Crippen MR) is 108 cm³/mol. The molecule has 1 heterocycles. The second-order valence-corrected chi connectivity index (χ2v) is 6.26. The van der Waals surface area contributed by atoms with E-state index in [1.807, 2.05) is 56.3 Å². The van der Waals surface area contributed by atoms with Crippen molar-refractivity contribution >= 4 is 11.7 Å². The fourth-order valence-corrected chi connectivity index (χ4v) is 2.65. The first-order chi connectivity index (χ1) is 14.1. The van der Waals surface area contributed by atoms with Crippen molar-refractivity contribution in [1.82, 2.24) is 4.98 Å². The molecule has 0 unspecified atom stereocenters. The van der Waals surface area contributed by atoms with E-state index < -0.39 is 5.97 Å². The van der Waals surface area contributed by atoms with Crippen LogP contribution in [0.2, 0.25) is 0 Å². The molecule has 0 radical (unpaired) electrons. The van der Waals surface area contributed by atoms with Crippen LogP contribution in [-0.2, 0) is 16.2 Å². The summed E-state index contributed by atoms with van der Waals surface area (Å²) < 4.78 is 10.9. The number of rotatable bonds is 9. The highest BCUT2D eigenvalue weighted by Crippen LogP contribution is 2.22. The highest BCUT2D eigenvalue weighted by molar-refractivity contribution is 6.00. The van der Waals surface area contributed by atoms with Gasteiger partial charge in [0.25, 0.3) is 0 Å². The van der Waals surface area contributed by atoms with Crippen molar-refractivity contribution in [3.8, 4) is 17.2 Å². The van der Waals surface area contributed by atoms with Gasteiger partial charge >= 0.3 is 5.97 Å². The zero-order valence-corrected chi connectivity index (χ0v) is 16.3. The first-order valence-corrected chi connectivity index (χ1v) is 9.22. The molecule has 0 spiro atoms. The Balaban J connectivity index is 1.64. The van der Waals surface area contributed by atoms with Gasteiger partial charge < -0.3 is 19.1 Å². The molecule has 29 heavy (non-hydrogen) atoms. The molecule has 7 heteroatoms. The molecule has 0 bridgehead atoms. The minimum Gasteiger partial charge on any atom is -0.482 e. The molecule has 0 saturated carbocycles. The fraction of sp³-hybridized carbons (Fsp3) is 0.227. The number of aromatic nitrogens is 1. The van der Waals surface area contributed by atoms with Gasteiger partial charge in [0.2, 0.25) is 5.89 Å². The van der Waals surface area contributed by atoms with Crippen LogP contribution >= 0.6 is 0 Å². The minimum atomic E-state index is -1.02. The Kier molecular flexibility index (Phi) is 6.63. The second-order valence-electron chi connectivity index (χ2n) is 6.26. The van der Waals surface area contributed by atoms with Crippen LogP contribution in [0.15, 0.2) is 64.2 Å². The van der Waals surface area contributed by atoms with Crippen LogP contribution in [0.25, 0.3) is 11.5 Å². The molecule has 1 aromatic heterocycles. The third-order valence-electron chi connectivity index (χ3n) is 4.17. The van der Waals surface area contributed by atoms with Crippen LogP contribution in [0.5, 0.6) is 5.75 Å². The number of carbonyl (C=O) groups is 1. The molecule has 0 fully saturated rings. The molecule has 0 saturated heterocycles. The van der Waals surface area contributed by atoms with E-state index in [2.05, 4.69) is 10.1 Å². The molecule has 0 aliphatic rings. The molecule has 1 N–H and O–H groups in total. The number of nitrogens with zero attached hydrogens (tertiary/aromatic N) is 2. The first-order valence-electron chi connectivity index (χ1n) is 9.22. The molecular weight excluding hydrogens is 372 g/mol. The smallest absolute Gasteiger partial charge is 0.341 e. The lowest BCUT2D eigenvalue weighted by Gasteiger charge is -2.07. The fourth-order valence-electron chi connectivity index (χ4n) is 2.65.